The minimum absolute atomic E-state index is 0.0108. The highest BCUT2D eigenvalue weighted by Crippen LogP contribution is 2.25. The van der Waals surface area contributed by atoms with Gasteiger partial charge >= 0.3 is 5.97 Å². The number of nitrogens with one attached hydrogen (secondary N) is 1. The van der Waals surface area contributed by atoms with E-state index in [0.717, 1.165) is 11.8 Å². The summed E-state index contributed by atoms with van der Waals surface area (Å²) in [5.41, 5.74) is 0.791. The van der Waals surface area contributed by atoms with Crippen molar-refractivity contribution in [3.8, 4) is 6.07 Å². The SMILES string of the molecule is CC(C)(SCC(=O)Nc1ccc(C#N)c(Cl)c1)C(=O)O. The Morgan fingerprint density at radius 2 is 2.15 bits per heavy atom. The quantitative estimate of drug-likeness (QED) is 0.872. The molecule has 0 aliphatic carbocycles. The van der Waals surface area contributed by atoms with E-state index in [1.54, 1.807) is 6.07 Å². The zero-order chi connectivity index (χ0) is 15.3. The molecule has 0 bridgehead atoms. The molecule has 0 aliphatic rings. The predicted molar refractivity (Wildman–Crippen MR) is 79.0 cm³/mol. The summed E-state index contributed by atoms with van der Waals surface area (Å²) in [7, 11) is 0. The summed E-state index contributed by atoms with van der Waals surface area (Å²) in [5, 5.41) is 20.5. The van der Waals surface area contributed by atoms with Gasteiger partial charge in [0.1, 0.15) is 10.8 Å². The molecule has 0 aromatic heterocycles. The van der Waals surface area contributed by atoms with Gasteiger partial charge in [0.25, 0.3) is 0 Å². The van der Waals surface area contributed by atoms with Gasteiger partial charge < -0.3 is 10.4 Å². The Bertz CT molecular complexity index is 581. The zero-order valence-electron chi connectivity index (χ0n) is 10.9. The standard InChI is InChI=1S/C13H13ClN2O3S/c1-13(2,12(18)19)20-7-11(17)16-9-4-3-8(6-15)10(14)5-9/h3-5H,7H2,1-2H3,(H,16,17)(H,18,19). The molecule has 5 nitrogen and oxygen atoms in total. The fourth-order valence-electron chi connectivity index (χ4n) is 1.19. The average Bonchev–Trinajstić information content (AvgIpc) is 2.36. The highest BCUT2D eigenvalue weighted by Gasteiger charge is 2.28. The summed E-state index contributed by atoms with van der Waals surface area (Å²) >= 11 is 6.88. The van der Waals surface area contributed by atoms with Crippen LogP contribution in [0, 0.1) is 11.3 Å². The number of amides is 1. The molecule has 2 N–H and O–H groups in total. The monoisotopic (exact) mass is 312 g/mol. The van der Waals surface area contributed by atoms with E-state index in [2.05, 4.69) is 5.32 Å². The number of nitrogens with zero attached hydrogens (tertiary/aromatic N) is 1. The van der Waals surface area contributed by atoms with E-state index < -0.39 is 10.7 Å². The van der Waals surface area contributed by atoms with Crippen molar-refractivity contribution >= 4 is 40.9 Å². The first-order chi connectivity index (χ1) is 9.26. The van der Waals surface area contributed by atoms with Crippen LogP contribution in [-0.2, 0) is 9.59 Å². The van der Waals surface area contributed by atoms with Gasteiger partial charge in [-0.3, -0.25) is 9.59 Å². The van der Waals surface area contributed by atoms with Gasteiger partial charge in [0.15, 0.2) is 0 Å². The Morgan fingerprint density at radius 3 is 2.65 bits per heavy atom. The number of aliphatic carboxylic acids is 1. The van der Waals surface area contributed by atoms with Gasteiger partial charge in [-0.25, -0.2) is 0 Å². The van der Waals surface area contributed by atoms with Crippen LogP contribution in [0.5, 0.6) is 0 Å². The number of thioether (sulfide) groups is 1. The van der Waals surface area contributed by atoms with E-state index in [1.807, 2.05) is 6.07 Å². The van der Waals surface area contributed by atoms with Crippen molar-refractivity contribution in [3.63, 3.8) is 0 Å². The number of carboxylic acid groups (broad SMARTS) is 1. The van der Waals surface area contributed by atoms with Crippen molar-refractivity contribution in [3.05, 3.63) is 28.8 Å². The number of benzene rings is 1. The summed E-state index contributed by atoms with van der Waals surface area (Å²) in [6, 6.07) is 6.47. The van der Waals surface area contributed by atoms with Gasteiger partial charge in [-0.2, -0.15) is 5.26 Å². The zero-order valence-corrected chi connectivity index (χ0v) is 12.5. The van der Waals surface area contributed by atoms with E-state index in [9.17, 15) is 9.59 Å². The van der Waals surface area contributed by atoms with Crippen LogP contribution in [0.25, 0.3) is 0 Å². The Balaban J connectivity index is 2.62. The molecule has 0 unspecified atom stereocenters. The van der Waals surface area contributed by atoms with Crippen LogP contribution in [-0.4, -0.2) is 27.5 Å². The largest absolute Gasteiger partial charge is 0.480 e. The predicted octanol–water partition coefficient (Wildman–Crippen LogP) is 2.75. The fraction of sp³-hybridized carbons (Fsp3) is 0.308. The fourth-order valence-corrected chi connectivity index (χ4v) is 2.10. The normalized spacial score (nSPS) is 10.7. The molecular weight excluding hydrogens is 300 g/mol. The molecule has 1 aromatic carbocycles. The first-order valence-corrected chi connectivity index (χ1v) is 6.99. The molecule has 0 saturated heterocycles. The molecule has 0 spiro atoms. The molecule has 1 rings (SSSR count). The molecule has 0 saturated carbocycles. The summed E-state index contributed by atoms with van der Waals surface area (Å²) in [6.07, 6.45) is 0. The molecule has 0 heterocycles. The lowest BCUT2D eigenvalue weighted by molar-refractivity contribution is -0.138. The first kappa shape index (κ1) is 16.3. The smallest absolute Gasteiger partial charge is 0.319 e. The van der Waals surface area contributed by atoms with Crippen molar-refractivity contribution in [2.75, 3.05) is 11.1 Å². The number of carbonyl (C=O) groups excluding carboxylic acids is 1. The lowest BCUT2D eigenvalue weighted by Crippen LogP contribution is -2.29. The molecule has 0 atom stereocenters. The van der Waals surface area contributed by atoms with Gasteiger partial charge in [0.05, 0.1) is 16.3 Å². The van der Waals surface area contributed by atoms with Crippen LogP contribution < -0.4 is 5.32 Å². The third-order valence-electron chi connectivity index (χ3n) is 2.45. The molecule has 7 heteroatoms. The third kappa shape index (κ3) is 4.44. The highest BCUT2D eigenvalue weighted by atomic mass is 35.5. The van der Waals surface area contributed by atoms with Crippen molar-refractivity contribution in [2.24, 2.45) is 0 Å². The summed E-state index contributed by atoms with van der Waals surface area (Å²) in [4.78, 5) is 22.6. The number of anilines is 1. The van der Waals surface area contributed by atoms with Crippen LogP contribution in [0.15, 0.2) is 18.2 Å². The molecule has 1 amide bonds. The minimum Gasteiger partial charge on any atom is -0.480 e. The van der Waals surface area contributed by atoms with Gasteiger partial charge in [0, 0.05) is 5.69 Å². The van der Waals surface area contributed by atoms with Crippen LogP contribution in [0.3, 0.4) is 0 Å². The lowest BCUT2D eigenvalue weighted by Gasteiger charge is -2.17. The Hall–Kier alpha value is -1.71. The molecule has 0 fully saturated rings. The minimum atomic E-state index is -1.03. The maximum atomic E-state index is 11.7. The molecule has 1 aromatic rings. The van der Waals surface area contributed by atoms with E-state index in [-0.39, 0.29) is 16.7 Å². The number of carboxylic acids is 1. The van der Waals surface area contributed by atoms with E-state index in [0.29, 0.717) is 11.3 Å². The van der Waals surface area contributed by atoms with Crippen molar-refractivity contribution < 1.29 is 14.7 Å². The molecular formula is C13H13ClN2O3S. The van der Waals surface area contributed by atoms with E-state index >= 15 is 0 Å². The molecule has 0 aliphatic heterocycles. The van der Waals surface area contributed by atoms with E-state index in [4.69, 9.17) is 22.0 Å². The van der Waals surface area contributed by atoms with Gasteiger partial charge in [-0.1, -0.05) is 11.6 Å². The third-order valence-corrected chi connectivity index (χ3v) is 4.07. The molecule has 20 heavy (non-hydrogen) atoms. The Labute approximate surface area is 125 Å². The van der Waals surface area contributed by atoms with Crippen molar-refractivity contribution in [1.82, 2.24) is 0 Å². The van der Waals surface area contributed by atoms with Crippen molar-refractivity contribution in [2.45, 2.75) is 18.6 Å². The average molecular weight is 313 g/mol. The van der Waals surface area contributed by atoms with Crippen LogP contribution in [0.4, 0.5) is 5.69 Å². The lowest BCUT2D eigenvalue weighted by atomic mass is 10.2. The number of carbonyl (C=O) groups is 2. The second-order valence-corrected chi connectivity index (χ2v) is 6.46. The van der Waals surface area contributed by atoms with Crippen molar-refractivity contribution in [1.29, 1.82) is 5.26 Å². The number of halogens is 1. The molecule has 106 valence electrons. The van der Waals surface area contributed by atoms with Crippen LogP contribution in [0.2, 0.25) is 5.02 Å². The number of hydrogen-bond donors (Lipinski definition) is 2. The summed E-state index contributed by atoms with van der Waals surface area (Å²) in [6.45, 7) is 3.07. The van der Waals surface area contributed by atoms with Crippen LogP contribution in [0.1, 0.15) is 19.4 Å². The number of nitriles is 1. The summed E-state index contributed by atoms with van der Waals surface area (Å²) in [5.74, 6) is -1.29. The Kier molecular flexibility index (Phi) is 5.43. The highest BCUT2D eigenvalue weighted by molar-refractivity contribution is 8.02. The van der Waals surface area contributed by atoms with Gasteiger partial charge in [-0.15, -0.1) is 11.8 Å². The topological polar surface area (TPSA) is 90.2 Å². The van der Waals surface area contributed by atoms with E-state index in [1.165, 1.54) is 26.0 Å². The van der Waals surface area contributed by atoms with Crippen LogP contribution >= 0.6 is 23.4 Å². The second-order valence-electron chi connectivity index (χ2n) is 4.46. The number of hydrogen-bond acceptors (Lipinski definition) is 4. The first-order valence-electron chi connectivity index (χ1n) is 5.63. The van der Waals surface area contributed by atoms with Gasteiger partial charge in [0.2, 0.25) is 5.91 Å². The number of rotatable bonds is 5. The second kappa shape index (κ2) is 6.64. The molecule has 0 radical (unpaired) electrons. The summed E-state index contributed by atoms with van der Waals surface area (Å²) < 4.78 is -1.03. The maximum Gasteiger partial charge on any atom is 0.319 e. The van der Waals surface area contributed by atoms with Gasteiger partial charge in [-0.05, 0) is 32.0 Å². The Morgan fingerprint density at radius 1 is 1.50 bits per heavy atom. The maximum absolute atomic E-state index is 11.7.